The van der Waals surface area contributed by atoms with Crippen molar-refractivity contribution in [2.75, 3.05) is 0 Å². The van der Waals surface area contributed by atoms with E-state index in [0.29, 0.717) is 5.54 Å². The summed E-state index contributed by atoms with van der Waals surface area (Å²) in [5, 5.41) is 0. The summed E-state index contributed by atoms with van der Waals surface area (Å²) in [5.41, 5.74) is 0.437. The van der Waals surface area contributed by atoms with Gasteiger partial charge < -0.3 is 13.3 Å². The molecule has 3 heterocycles. The van der Waals surface area contributed by atoms with Crippen molar-refractivity contribution in [2.24, 2.45) is 0 Å². The molecule has 3 saturated heterocycles. The van der Waals surface area contributed by atoms with Gasteiger partial charge in [-0.05, 0) is 0 Å². The van der Waals surface area contributed by atoms with Crippen LogP contribution in [0, 0.1) is 0 Å². The molecule has 0 saturated carbocycles. The smallest absolute Gasteiger partial charge is 0.324 e. The molecule has 8 heavy (non-hydrogen) atoms. The predicted molar refractivity (Wildman–Crippen MR) is 27.9 cm³/mol. The molecule has 0 aliphatic carbocycles. The molecule has 0 unspecified atom stereocenters. The molecular weight excluding hydrogens is 124 g/mol. The Kier molecular flexibility index (Phi) is 0.713. The minimum Gasteiger partial charge on any atom is -0.324 e. The summed E-state index contributed by atoms with van der Waals surface area (Å²) >= 11 is 0. The highest BCUT2D eigenvalue weighted by Gasteiger charge is 2.70. The van der Waals surface area contributed by atoms with Crippen LogP contribution in [0.2, 0.25) is 5.54 Å². The van der Waals surface area contributed by atoms with Crippen LogP contribution in [0.1, 0.15) is 13.8 Å². The molecule has 0 spiro atoms. The van der Waals surface area contributed by atoms with Crippen LogP contribution in [0.4, 0.5) is 0 Å². The van der Waals surface area contributed by atoms with Crippen molar-refractivity contribution in [1.29, 1.82) is 0 Å². The van der Waals surface area contributed by atoms with Crippen molar-refractivity contribution < 1.29 is 13.3 Å². The van der Waals surface area contributed by atoms with E-state index in [2.05, 4.69) is 13.8 Å². The van der Waals surface area contributed by atoms with Crippen LogP contribution in [-0.4, -0.2) is 15.3 Å². The van der Waals surface area contributed by atoms with E-state index < -0.39 is 8.80 Å². The second-order valence-electron chi connectivity index (χ2n) is 2.40. The van der Waals surface area contributed by atoms with E-state index in [0.717, 1.165) is 0 Å². The van der Waals surface area contributed by atoms with Gasteiger partial charge in [0.25, 0.3) is 6.48 Å². The molecule has 0 atom stereocenters. The summed E-state index contributed by atoms with van der Waals surface area (Å²) in [5.74, 6) is 0. The lowest BCUT2D eigenvalue weighted by molar-refractivity contribution is -0.395. The fourth-order valence-corrected chi connectivity index (χ4v) is 2.51. The van der Waals surface area contributed by atoms with Crippen LogP contribution in [0.15, 0.2) is 0 Å². The van der Waals surface area contributed by atoms with Crippen molar-refractivity contribution in [2.45, 2.75) is 25.9 Å². The molecule has 0 aromatic rings. The molecule has 3 rings (SSSR count). The third-order valence-corrected chi connectivity index (χ3v) is 4.47. The molecule has 3 aliphatic heterocycles. The van der Waals surface area contributed by atoms with E-state index in [1.54, 1.807) is 0 Å². The zero-order valence-electron chi connectivity index (χ0n) is 4.88. The third kappa shape index (κ3) is 0.356. The lowest BCUT2D eigenvalue weighted by Gasteiger charge is -2.57. The molecule has 3 nitrogen and oxygen atoms in total. The van der Waals surface area contributed by atoms with Crippen molar-refractivity contribution in [3.05, 3.63) is 0 Å². The fourth-order valence-electron chi connectivity index (χ4n) is 0.837. The molecular formula is C4H8O3Si. The second-order valence-corrected chi connectivity index (χ2v) is 5.47. The normalized spacial score (nSPS) is 50.6. The van der Waals surface area contributed by atoms with E-state index in [9.17, 15) is 0 Å². The Morgan fingerprint density at radius 2 is 1.75 bits per heavy atom. The van der Waals surface area contributed by atoms with E-state index in [1.807, 2.05) is 0 Å². The van der Waals surface area contributed by atoms with Gasteiger partial charge in [-0.15, -0.1) is 0 Å². The van der Waals surface area contributed by atoms with Gasteiger partial charge >= 0.3 is 8.80 Å². The number of hydrogen-bond donors (Lipinski definition) is 0. The topological polar surface area (TPSA) is 27.7 Å². The van der Waals surface area contributed by atoms with Crippen molar-refractivity contribution >= 4 is 8.80 Å². The quantitative estimate of drug-likeness (QED) is 0.491. The van der Waals surface area contributed by atoms with Crippen LogP contribution in [0.25, 0.3) is 0 Å². The molecule has 3 aliphatic rings. The maximum absolute atomic E-state index is 5.17. The van der Waals surface area contributed by atoms with Crippen molar-refractivity contribution in [3.63, 3.8) is 0 Å². The molecule has 4 heteroatoms. The Balaban J connectivity index is 2.04. The van der Waals surface area contributed by atoms with Gasteiger partial charge in [0.05, 0.1) is 0 Å². The second kappa shape index (κ2) is 1.16. The highest BCUT2D eigenvalue weighted by Crippen LogP contribution is 2.47. The highest BCUT2D eigenvalue weighted by molar-refractivity contribution is 6.66. The largest absolute Gasteiger partial charge is 0.514 e. The first-order valence-corrected chi connectivity index (χ1v) is 4.56. The van der Waals surface area contributed by atoms with E-state index in [-0.39, 0.29) is 6.48 Å². The van der Waals surface area contributed by atoms with Crippen LogP contribution in [-0.2, 0) is 13.3 Å². The maximum atomic E-state index is 5.17. The SMILES string of the molecule is CC(C)[Si]12OC(O1)O2. The molecule has 0 aromatic carbocycles. The zero-order chi connectivity index (χ0) is 5.78. The van der Waals surface area contributed by atoms with Gasteiger partial charge in [0.1, 0.15) is 0 Å². The van der Waals surface area contributed by atoms with Crippen molar-refractivity contribution in [3.8, 4) is 0 Å². The van der Waals surface area contributed by atoms with Crippen LogP contribution >= 0.6 is 0 Å². The zero-order valence-corrected chi connectivity index (χ0v) is 5.88. The van der Waals surface area contributed by atoms with E-state index >= 15 is 0 Å². The molecule has 3 fully saturated rings. The van der Waals surface area contributed by atoms with E-state index in [4.69, 9.17) is 13.3 Å². The van der Waals surface area contributed by atoms with Gasteiger partial charge in [-0.2, -0.15) is 0 Å². The first-order chi connectivity index (χ1) is 3.73. The van der Waals surface area contributed by atoms with Gasteiger partial charge in [-0.3, -0.25) is 0 Å². The maximum Gasteiger partial charge on any atom is 0.514 e. The van der Waals surface area contributed by atoms with Gasteiger partial charge in [0.2, 0.25) is 0 Å². The molecule has 0 N–H and O–H groups in total. The third-order valence-electron chi connectivity index (χ3n) is 1.49. The lowest BCUT2D eigenvalue weighted by atomic mass is 10.6. The monoisotopic (exact) mass is 132 g/mol. The Hall–Kier alpha value is 0.0969. The lowest BCUT2D eigenvalue weighted by Crippen LogP contribution is -2.77. The molecule has 0 aromatic heterocycles. The van der Waals surface area contributed by atoms with E-state index in [1.165, 1.54) is 0 Å². The minimum atomic E-state index is -1.93. The molecule has 46 valence electrons. The standard InChI is InChI=1S/C4H8O3Si/c1-3(2)8-5-4(6-8)7-8/h3-4H,1-2H3. The summed E-state index contributed by atoms with van der Waals surface area (Å²) in [6, 6.07) is 0. The molecule has 2 bridgehead atoms. The Morgan fingerprint density at radius 3 is 1.75 bits per heavy atom. The minimum absolute atomic E-state index is 0.274. The highest BCUT2D eigenvalue weighted by atomic mass is 28.4. The van der Waals surface area contributed by atoms with Crippen LogP contribution < -0.4 is 0 Å². The van der Waals surface area contributed by atoms with Gasteiger partial charge in [0.15, 0.2) is 0 Å². The number of rotatable bonds is 1. The first kappa shape index (κ1) is 4.93. The molecule has 0 amide bonds. The van der Waals surface area contributed by atoms with Crippen molar-refractivity contribution in [1.82, 2.24) is 0 Å². The van der Waals surface area contributed by atoms with Crippen LogP contribution in [0.5, 0.6) is 0 Å². The fraction of sp³-hybridized carbons (Fsp3) is 1.00. The summed E-state index contributed by atoms with van der Waals surface area (Å²) in [4.78, 5) is 0. The average molecular weight is 132 g/mol. The number of hydrogen-bond acceptors (Lipinski definition) is 3. The summed E-state index contributed by atoms with van der Waals surface area (Å²) in [7, 11) is -1.93. The van der Waals surface area contributed by atoms with Crippen LogP contribution in [0.3, 0.4) is 0 Å². The van der Waals surface area contributed by atoms with Gasteiger partial charge in [0, 0.05) is 5.54 Å². The summed E-state index contributed by atoms with van der Waals surface area (Å²) < 4.78 is 15.5. The Bertz CT molecular complexity index is 107. The van der Waals surface area contributed by atoms with Gasteiger partial charge in [-0.1, -0.05) is 13.8 Å². The Morgan fingerprint density at radius 1 is 1.25 bits per heavy atom. The first-order valence-electron chi connectivity index (χ1n) is 2.76. The Labute approximate surface area is 48.9 Å². The predicted octanol–water partition coefficient (Wildman–Crippen LogP) is 0.696. The summed E-state index contributed by atoms with van der Waals surface area (Å²) in [6.45, 7) is 3.84. The summed E-state index contributed by atoms with van der Waals surface area (Å²) in [6.07, 6.45) is 0. The average Bonchev–Trinajstić information content (AvgIpc) is 1.16. The molecule has 0 radical (unpaired) electrons. The van der Waals surface area contributed by atoms with Gasteiger partial charge in [-0.25, -0.2) is 0 Å².